The lowest BCUT2D eigenvalue weighted by atomic mass is 10.0. The molecule has 5 nitrogen and oxygen atoms in total. The Morgan fingerprint density at radius 2 is 1.56 bits per heavy atom. The zero-order valence-corrected chi connectivity index (χ0v) is 17.0. The number of rotatable bonds is 5. The van der Waals surface area contributed by atoms with Crippen molar-refractivity contribution < 1.29 is 14.3 Å². The number of hydrogen-bond donors (Lipinski definition) is 2. The molecular weight excluding hydrogens is 340 g/mol. The lowest BCUT2D eigenvalue weighted by molar-refractivity contribution is -0.124. The van der Waals surface area contributed by atoms with Crippen LogP contribution in [0, 0.1) is 5.92 Å². The van der Waals surface area contributed by atoms with E-state index < -0.39 is 17.7 Å². The van der Waals surface area contributed by atoms with Crippen molar-refractivity contribution in [2.24, 2.45) is 5.92 Å². The third-order valence-electron chi connectivity index (χ3n) is 4.25. The van der Waals surface area contributed by atoms with E-state index in [1.54, 1.807) is 20.8 Å². The third kappa shape index (κ3) is 5.98. The second-order valence-electron chi connectivity index (χ2n) is 8.20. The minimum Gasteiger partial charge on any atom is -0.444 e. The summed E-state index contributed by atoms with van der Waals surface area (Å²) in [6.07, 6.45) is -0.588. The number of alkyl carbamates (subject to hydrolysis) is 1. The number of hydrogen-bond acceptors (Lipinski definition) is 3. The smallest absolute Gasteiger partial charge is 0.408 e. The van der Waals surface area contributed by atoms with Crippen molar-refractivity contribution in [2.75, 3.05) is 0 Å². The van der Waals surface area contributed by atoms with Crippen LogP contribution in [0.4, 0.5) is 4.79 Å². The molecule has 2 aromatic rings. The molecule has 0 saturated carbocycles. The first kappa shape index (κ1) is 20.7. The minimum absolute atomic E-state index is 0.0682. The zero-order chi connectivity index (χ0) is 20.2. The molecule has 0 bridgehead atoms. The molecule has 0 aliphatic heterocycles. The molecule has 2 amide bonds. The highest BCUT2D eigenvalue weighted by molar-refractivity contribution is 5.87. The van der Waals surface area contributed by atoms with Crippen molar-refractivity contribution in [3.8, 4) is 0 Å². The van der Waals surface area contributed by atoms with E-state index in [1.807, 2.05) is 51.1 Å². The molecule has 1 unspecified atom stereocenters. The Bertz CT molecular complexity index is 809. The van der Waals surface area contributed by atoms with Gasteiger partial charge in [-0.3, -0.25) is 4.79 Å². The topological polar surface area (TPSA) is 67.4 Å². The van der Waals surface area contributed by atoms with E-state index in [-0.39, 0.29) is 17.9 Å². The van der Waals surface area contributed by atoms with Crippen LogP contribution >= 0.6 is 0 Å². The van der Waals surface area contributed by atoms with E-state index in [1.165, 1.54) is 0 Å². The van der Waals surface area contributed by atoms with Gasteiger partial charge in [0.15, 0.2) is 0 Å². The van der Waals surface area contributed by atoms with Gasteiger partial charge in [0.2, 0.25) is 5.91 Å². The maximum absolute atomic E-state index is 12.8. The third-order valence-corrected chi connectivity index (χ3v) is 4.25. The molecule has 2 N–H and O–H groups in total. The van der Waals surface area contributed by atoms with Gasteiger partial charge in [0.05, 0.1) is 6.04 Å². The number of benzene rings is 2. The van der Waals surface area contributed by atoms with Crippen molar-refractivity contribution in [3.05, 3.63) is 48.0 Å². The van der Waals surface area contributed by atoms with Crippen molar-refractivity contribution in [1.82, 2.24) is 10.6 Å². The Labute approximate surface area is 161 Å². The first-order valence-corrected chi connectivity index (χ1v) is 9.35. The fourth-order valence-corrected chi connectivity index (χ4v) is 2.83. The van der Waals surface area contributed by atoms with Gasteiger partial charge in [-0.2, -0.15) is 0 Å². The van der Waals surface area contributed by atoms with Crippen LogP contribution in [0.3, 0.4) is 0 Å². The van der Waals surface area contributed by atoms with Crippen LogP contribution in [0.2, 0.25) is 0 Å². The number of fused-ring (bicyclic) bond motifs is 1. The molecule has 0 heterocycles. The Hall–Kier alpha value is -2.56. The van der Waals surface area contributed by atoms with Gasteiger partial charge in [0.25, 0.3) is 0 Å². The van der Waals surface area contributed by atoms with E-state index in [4.69, 9.17) is 4.74 Å². The second-order valence-corrected chi connectivity index (χ2v) is 8.20. The number of carbonyl (C=O) groups excluding carboxylic acids is 2. The summed E-state index contributed by atoms with van der Waals surface area (Å²) in [6.45, 7) is 11.1. The van der Waals surface area contributed by atoms with Crippen LogP contribution in [0.5, 0.6) is 0 Å². The van der Waals surface area contributed by atoms with Crippen LogP contribution in [-0.4, -0.2) is 23.6 Å². The summed E-state index contributed by atoms with van der Waals surface area (Å²) in [4.78, 5) is 24.8. The average molecular weight is 370 g/mol. The molecule has 2 atom stereocenters. The van der Waals surface area contributed by atoms with Crippen molar-refractivity contribution in [2.45, 2.75) is 59.2 Å². The first-order valence-electron chi connectivity index (χ1n) is 9.35. The summed E-state index contributed by atoms with van der Waals surface area (Å²) in [5, 5.41) is 7.97. The van der Waals surface area contributed by atoms with E-state index in [0.29, 0.717) is 0 Å². The van der Waals surface area contributed by atoms with Crippen LogP contribution in [-0.2, 0) is 9.53 Å². The lowest BCUT2D eigenvalue weighted by Crippen LogP contribution is -2.51. The predicted molar refractivity (Wildman–Crippen MR) is 109 cm³/mol. The Morgan fingerprint density at radius 1 is 0.926 bits per heavy atom. The maximum atomic E-state index is 12.8. The number of amides is 2. The minimum atomic E-state index is -0.664. The van der Waals surface area contributed by atoms with Gasteiger partial charge in [-0.1, -0.05) is 50.2 Å². The summed E-state index contributed by atoms with van der Waals surface area (Å²) in [5.41, 5.74) is 0.405. The van der Waals surface area contributed by atoms with E-state index in [2.05, 4.69) is 22.8 Å². The van der Waals surface area contributed by atoms with E-state index in [0.717, 1.165) is 16.3 Å². The summed E-state index contributed by atoms with van der Waals surface area (Å²) in [5.74, 6) is -0.294. The molecule has 0 radical (unpaired) electrons. The van der Waals surface area contributed by atoms with Crippen LogP contribution in [0.25, 0.3) is 10.8 Å². The molecule has 27 heavy (non-hydrogen) atoms. The number of nitrogens with one attached hydrogen (secondary N) is 2. The summed E-state index contributed by atoms with van der Waals surface area (Å²) in [7, 11) is 0. The van der Waals surface area contributed by atoms with Gasteiger partial charge in [0.1, 0.15) is 11.6 Å². The molecule has 0 aliphatic rings. The highest BCUT2D eigenvalue weighted by Crippen LogP contribution is 2.20. The summed E-state index contributed by atoms with van der Waals surface area (Å²) in [6, 6.07) is 13.4. The van der Waals surface area contributed by atoms with Crippen molar-refractivity contribution in [1.29, 1.82) is 0 Å². The van der Waals surface area contributed by atoms with E-state index >= 15 is 0 Å². The van der Waals surface area contributed by atoms with Crippen LogP contribution < -0.4 is 10.6 Å². The Balaban J connectivity index is 2.07. The van der Waals surface area contributed by atoms with Gasteiger partial charge in [-0.25, -0.2) is 4.79 Å². The molecule has 146 valence electrons. The van der Waals surface area contributed by atoms with Gasteiger partial charge >= 0.3 is 6.09 Å². The molecule has 0 fully saturated rings. The molecule has 5 heteroatoms. The average Bonchev–Trinajstić information content (AvgIpc) is 2.57. The van der Waals surface area contributed by atoms with Gasteiger partial charge in [-0.15, -0.1) is 0 Å². The van der Waals surface area contributed by atoms with Crippen LogP contribution in [0.15, 0.2) is 42.5 Å². The van der Waals surface area contributed by atoms with Gasteiger partial charge in [0, 0.05) is 0 Å². The Kier molecular flexibility index (Phi) is 6.47. The molecule has 0 saturated heterocycles. The normalized spacial score (nSPS) is 13.9. The fraction of sp³-hybridized carbons (Fsp3) is 0.455. The monoisotopic (exact) mass is 370 g/mol. The fourth-order valence-electron chi connectivity index (χ4n) is 2.83. The largest absolute Gasteiger partial charge is 0.444 e. The maximum Gasteiger partial charge on any atom is 0.408 e. The highest BCUT2D eigenvalue weighted by atomic mass is 16.6. The van der Waals surface area contributed by atoms with E-state index in [9.17, 15) is 9.59 Å². The van der Waals surface area contributed by atoms with Crippen molar-refractivity contribution >= 4 is 22.8 Å². The number of carbonyl (C=O) groups is 2. The predicted octanol–water partition coefficient (Wildman–Crippen LogP) is 4.57. The molecule has 0 aromatic heterocycles. The summed E-state index contributed by atoms with van der Waals surface area (Å²) >= 11 is 0. The number of ether oxygens (including phenoxy) is 1. The molecule has 0 aliphatic carbocycles. The molecule has 2 aromatic carbocycles. The quantitative estimate of drug-likeness (QED) is 0.810. The lowest BCUT2D eigenvalue weighted by Gasteiger charge is -2.26. The SMILES string of the molecule is CC(NC(=O)[C@@H](NC(=O)OC(C)(C)C)C(C)C)c1ccc2ccccc2c1. The molecule has 2 rings (SSSR count). The highest BCUT2D eigenvalue weighted by Gasteiger charge is 2.27. The molecule has 0 spiro atoms. The second kappa shape index (κ2) is 8.42. The Morgan fingerprint density at radius 3 is 2.15 bits per heavy atom. The zero-order valence-electron chi connectivity index (χ0n) is 17.0. The van der Waals surface area contributed by atoms with Gasteiger partial charge < -0.3 is 15.4 Å². The van der Waals surface area contributed by atoms with Crippen molar-refractivity contribution in [3.63, 3.8) is 0 Å². The molecular formula is C22H30N2O3. The van der Waals surface area contributed by atoms with Gasteiger partial charge in [-0.05, 0) is 56.0 Å². The first-order chi connectivity index (χ1) is 12.6. The van der Waals surface area contributed by atoms with Crippen LogP contribution in [0.1, 0.15) is 53.1 Å². The summed E-state index contributed by atoms with van der Waals surface area (Å²) < 4.78 is 5.28. The standard InChI is InChI=1S/C22H30N2O3/c1-14(2)19(24-21(26)27-22(4,5)6)20(25)23-15(3)17-12-11-16-9-7-8-10-18(16)13-17/h7-15,19H,1-6H3,(H,23,25)(H,24,26)/t15?,19-/m0/s1.